The van der Waals surface area contributed by atoms with Crippen molar-refractivity contribution in [2.75, 3.05) is 13.1 Å². The molecule has 5 nitrogen and oxygen atoms in total. The lowest BCUT2D eigenvalue weighted by Gasteiger charge is -2.27. The topological polar surface area (TPSA) is 58.1 Å². The molecule has 0 saturated carbocycles. The summed E-state index contributed by atoms with van der Waals surface area (Å²) in [5.41, 5.74) is 1.88. The van der Waals surface area contributed by atoms with Crippen LogP contribution in [0.3, 0.4) is 0 Å². The molecule has 0 spiro atoms. The highest BCUT2D eigenvalue weighted by Gasteiger charge is 2.37. The normalized spacial score (nSPS) is 21.8. The molecular weight excluding hydrogens is 379 g/mol. The number of halogens is 2. The summed E-state index contributed by atoms with van der Waals surface area (Å²) in [5.74, 6) is 0.226. The molecule has 8 heteroatoms. The maximum Gasteiger partial charge on any atom is 0.229 e. The minimum atomic E-state index is 0. The maximum absolute atomic E-state index is 12.8. The second-order valence-corrected chi connectivity index (χ2v) is 7.10. The number of fused-ring (bicyclic) bond motifs is 2. The monoisotopic (exact) mass is 400 g/mol. The third-order valence-corrected chi connectivity index (χ3v) is 5.67. The average Bonchev–Trinajstić information content (AvgIpc) is 3.11. The van der Waals surface area contributed by atoms with Crippen molar-refractivity contribution < 1.29 is 4.79 Å². The van der Waals surface area contributed by atoms with E-state index in [-0.39, 0.29) is 30.7 Å². The molecule has 1 amide bonds. The summed E-state index contributed by atoms with van der Waals surface area (Å²) in [6, 6.07) is 4.69. The van der Waals surface area contributed by atoms with Gasteiger partial charge in [0, 0.05) is 42.0 Å². The van der Waals surface area contributed by atoms with Crippen molar-refractivity contribution in [3.63, 3.8) is 0 Å². The van der Waals surface area contributed by atoms with E-state index in [2.05, 4.69) is 20.2 Å². The first-order chi connectivity index (χ1) is 11.3. The molecule has 2 aromatic heterocycles. The lowest BCUT2D eigenvalue weighted by Crippen LogP contribution is -2.43. The zero-order chi connectivity index (χ0) is 15.6. The van der Waals surface area contributed by atoms with Gasteiger partial charge in [-0.15, -0.1) is 36.2 Å². The Morgan fingerprint density at radius 2 is 2.12 bits per heavy atom. The summed E-state index contributed by atoms with van der Waals surface area (Å²) in [5, 5.41) is 6.37. The summed E-state index contributed by atoms with van der Waals surface area (Å²) in [6.07, 6.45) is 7.32. The fraction of sp³-hybridized carbons (Fsp3) is 0.471. The second kappa shape index (κ2) is 8.94. The Bertz CT molecular complexity index is 683. The van der Waals surface area contributed by atoms with E-state index in [9.17, 15) is 4.79 Å². The first-order valence-corrected chi connectivity index (χ1v) is 9.06. The van der Waals surface area contributed by atoms with Gasteiger partial charge in [0.2, 0.25) is 5.91 Å². The number of hydrogen-bond acceptors (Lipinski definition) is 5. The van der Waals surface area contributed by atoms with Gasteiger partial charge in [-0.25, -0.2) is 4.98 Å². The zero-order valence-electron chi connectivity index (χ0n) is 13.8. The molecule has 2 unspecified atom stereocenters. The first kappa shape index (κ1) is 20.1. The van der Waals surface area contributed by atoms with E-state index < -0.39 is 0 Å². The van der Waals surface area contributed by atoms with Gasteiger partial charge in [-0.05, 0) is 37.9 Å². The van der Waals surface area contributed by atoms with E-state index in [1.165, 1.54) is 0 Å². The van der Waals surface area contributed by atoms with Crippen LogP contribution in [0.25, 0.3) is 10.6 Å². The number of thiazole rings is 1. The van der Waals surface area contributed by atoms with Gasteiger partial charge in [-0.3, -0.25) is 9.78 Å². The van der Waals surface area contributed by atoms with Crippen LogP contribution in [0.1, 0.15) is 25.0 Å². The summed E-state index contributed by atoms with van der Waals surface area (Å²) in [6.45, 7) is 1.95. The van der Waals surface area contributed by atoms with Gasteiger partial charge in [0.05, 0.1) is 12.1 Å². The predicted octanol–water partition coefficient (Wildman–Crippen LogP) is 2.94. The summed E-state index contributed by atoms with van der Waals surface area (Å²) >= 11 is 1.58. The van der Waals surface area contributed by atoms with E-state index in [4.69, 9.17) is 0 Å². The Morgan fingerprint density at radius 1 is 1.28 bits per heavy atom. The standard InChI is InChI=1S/C17H20N4OS.2ClH/c22-16(21-14-3-4-15(21)10-19-7-5-14)8-13-11-23-17(20-13)12-2-1-6-18-9-12;;/h1-2,6,9,11,14-15,19H,3-5,7-8,10H2;2*1H. The minimum absolute atomic E-state index is 0. The van der Waals surface area contributed by atoms with Crippen molar-refractivity contribution in [2.24, 2.45) is 0 Å². The summed E-state index contributed by atoms with van der Waals surface area (Å²) < 4.78 is 0. The van der Waals surface area contributed by atoms with Crippen LogP contribution in [-0.4, -0.2) is 45.9 Å². The number of carbonyl (C=O) groups is 1. The van der Waals surface area contributed by atoms with Crippen LogP contribution in [0.15, 0.2) is 29.9 Å². The maximum atomic E-state index is 12.8. The number of pyridine rings is 1. The minimum Gasteiger partial charge on any atom is -0.335 e. The highest BCUT2D eigenvalue weighted by atomic mass is 35.5. The van der Waals surface area contributed by atoms with Gasteiger partial charge in [-0.1, -0.05) is 0 Å². The van der Waals surface area contributed by atoms with Crippen LogP contribution < -0.4 is 5.32 Å². The molecule has 2 aromatic rings. The molecule has 0 radical (unpaired) electrons. The Kier molecular flexibility index (Phi) is 7.19. The summed E-state index contributed by atoms with van der Waals surface area (Å²) in [7, 11) is 0. The van der Waals surface area contributed by atoms with E-state index in [1.807, 2.05) is 23.7 Å². The third kappa shape index (κ3) is 4.31. The molecule has 4 heterocycles. The predicted molar refractivity (Wildman–Crippen MR) is 105 cm³/mol. The Morgan fingerprint density at radius 3 is 2.92 bits per heavy atom. The molecule has 2 fully saturated rings. The average molecular weight is 401 g/mol. The largest absolute Gasteiger partial charge is 0.335 e. The molecule has 1 N–H and O–H groups in total. The van der Waals surface area contributed by atoms with Gasteiger partial charge in [0.15, 0.2) is 0 Å². The third-order valence-electron chi connectivity index (χ3n) is 4.73. The molecule has 4 rings (SSSR count). The highest BCUT2D eigenvalue weighted by Crippen LogP contribution is 2.29. The molecule has 0 aliphatic carbocycles. The number of amides is 1. The number of nitrogens with one attached hydrogen (secondary N) is 1. The number of hydrogen-bond donors (Lipinski definition) is 1. The van der Waals surface area contributed by atoms with Gasteiger partial charge in [0.25, 0.3) is 0 Å². The smallest absolute Gasteiger partial charge is 0.229 e. The molecular formula is C17H22Cl2N4OS. The van der Waals surface area contributed by atoms with Crippen LogP contribution in [0.2, 0.25) is 0 Å². The van der Waals surface area contributed by atoms with Gasteiger partial charge in [0.1, 0.15) is 5.01 Å². The molecule has 2 atom stereocenters. The van der Waals surface area contributed by atoms with Crippen LogP contribution in [-0.2, 0) is 11.2 Å². The van der Waals surface area contributed by atoms with Crippen LogP contribution in [0.4, 0.5) is 0 Å². The number of rotatable bonds is 3. The van der Waals surface area contributed by atoms with Gasteiger partial charge < -0.3 is 10.2 Å². The Balaban J connectivity index is 0.00000113. The van der Waals surface area contributed by atoms with Gasteiger partial charge >= 0.3 is 0 Å². The zero-order valence-corrected chi connectivity index (χ0v) is 16.2. The molecule has 0 aromatic carbocycles. The number of carbonyl (C=O) groups excluding carboxylic acids is 1. The van der Waals surface area contributed by atoms with Crippen molar-refractivity contribution in [1.29, 1.82) is 0 Å². The SMILES string of the molecule is Cl.Cl.O=C(Cc1csc(-c2cccnc2)n1)N1C2CCNCC1CC2. The van der Waals surface area contributed by atoms with Crippen LogP contribution in [0.5, 0.6) is 0 Å². The quantitative estimate of drug-likeness (QED) is 0.859. The van der Waals surface area contributed by atoms with E-state index in [1.54, 1.807) is 17.5 Å². The van der Waals surface area contributed by atoms with E-state index in [0.717, 1.165) is 48.6 Å². The fourth-order valence-electron chi connectivity index (χ4n) is 3.65. The molecule has 2 saturated heterocycles. The number of nitrogens with zero attached hydrogens (tertiary/aromatic N) is 3. The summed E-state index contributed by atoms with van der Waals surface area (Å²) in [4.78, 5) is 23.7. The second-order valence-electron chi connectivity index (χ2n) is 6.24. The molecule has 2 bridgehead atoms. The molecule has 136 valence electrons. The van der Waals surface area contributed by atoms with Crippen LogP contribution in [0, 0.1) is 0 Å². The van der Waals surface area contributed by atoms with Crippen molar-refractivity contribution >= 4 is 42.1 Å². The van der Waals surface area contributed by atoms with Crippen molar-refractivity contribution in [3.8, 4) is 10.6 Å². The van der Waals surface area contributed by atoms with Crippen molar-refractivity contribution in [3.05, 3.63) is 35.6 Å². The Hall–Kier alpha value is -1.21. The van der Waals surface area contributed by atoms with Crippen molar-refractivity contribution in [1.82, 2.24) is 20.2 Å². The number of aromatic nitrogens is 2. The lowest BCUT2D eigenvalue weighted by molar-refractivity contribution is -0.133. The lowest BCUT2D eigenvalue weighted by atomic mass is 10.1. The fourth-order valence-corrected chi connectivity index (χ4v) is 4.46. The molecule has 2 aliphatic rings. The van der Waals surface area contributed by atoms with Crippen molar-refractivity contribution in [2.45, 2.75) is 37.8 Å². The highest BCUT2D eigenvalue weighted by molar-refractivity contribution is 7.13. The Labute approximate surface area is 164 Å². The van der Waals surface area contributed by atoms with E-state index >= 15 is 0 Å². The first-order valence-electron chi connectivity index (χ1n) is 8.18. The van der Waals surface area contributed by atoms with Crippen LogP contribution >= 0.6 is 36.2 Å². The van der Waals surface area contributed by atoms with E-state index in [0.29, 0.717) is 18.5 Å². The van der Waals surface area contributed by atoms with Gasteiger partial charge in [-0.2, -0.15) is 0 Å². The molecule has 25 heavy (non-hydrogen) atoms. The molecule has 2 aliphatic heterocycles.